The number of carbonyl (C=O) groups is 1. The van der Waals surface area contributed by atoms with Gasteiger partial charge in [0.15, 0.2) is 0 Å². The largest absolute Gasteiger partial charge is 0.340 e. The molecule has 130 valence electrons. The number of carbonyl (C=O) groups excluding carboxylic acids is 1. The summed E-state index contributed by atoms with van der Waals surface area (Å²) >= 11 is 0. The standard InChI is InChI=1S/C19H28N4O/c1-20(2)15-23-14-16(17-6-4-5-7-18(17)23)8-9-19(24)22-12-10-21(3)11-13-22/h4-7,14H,8-13,15H2,1-3H3. The molecule has 0 spiro atoms. The fourth-order valence-electron chi connectivity index (χ4n) is 3.40. The third kappa shape index (κ3) is 3.79. The molecule has 0 aliphatic carbocycles. The molecule has 1 fully saturated rings. The molecule has 1 saturated heterocycles. The fourth-order valence-corrected chi connectivity index (χ4v) is 3.40. The van der Waals surface area contributed by atoms with Crippen molar-refractivity contribution in [2.45, 2.75) is 19.5 Å². The van der Waals surface area contributed by atoms with Crippen LogP contribution in [0.2, 0.25) is 0 Å². The lowest BCUT2D eigenvalue weighted by atomic mass is 10.1. The van der Waals surface area contributed by atoms with Gasteiger partial charge in [-0.15, -0.1) is 0 Å². The van der Waals surface area contributed by atoms with Gasteiger partial charge in [-0.2, -0.15) is 0 Å². The lowest BCUT2D eigenvalue weighted by Gasteiger charge is -2.32. The number of aryl methyl sites for hydroxylation is 1. The minimum atomic E-state index is 0.285. The Balaban J connectivity index is 1.70. The second-order valence-corrected chi connectivity index (χ2v) is 7.05. The summed E-state index contributed by atoms with van der Waals surface area (Å²) in [6.45, 7) is 4.53. The van der Waals surface area contributed by atoms with E-state index >= 15 is 0 Å². The second kappa shape index (κ2) is 7.36. The highest BCUT2D eigenvalue weighted by Crippen LogP contribution is 2.23. The van der Waals surface area contributed by atoms with E-state index in [1.807, 2.05) is 4.90 Å². The van der Waals surface area contributed by atoms with Gasteiger partial charge in [-0.1, -0.05) is 18.2 Å². The van der Waals surface area contributed by atoms with Gasteiger partial charge < -0.3 is 14.4 Å². The normalized spacial score (nSPS) is 16.2. The van der Waals surface area contributed by atoms with Gasteiger partial charge in [-0.3, -0.25) is 9.69 Å². The lowest BCUT2D eigenvalue weighted by molar-refractivity contribution is -0.132. The number of nitrogens with zero attached hydrogens (tertiary/aromatic N) is 4. The topological polar surface area (TPSA) is 31.7 Å². The first kappa shape index (κ1) is 17.0. The van der Waals surface area contributed by atoms with E-state index in [2.05, 4.69) is 66.0 Å². The van der Waals surface area contributed by atoms with E-state index < -0.39 is 0 Å². The Hall–Kier alpha value is -1.85. The number of piperazine rings is 1. The van der Waals surface area contributed by atoms with E-state index in [9.17, 15) is 4.79 Å². The SMILES string of the molecule is CN(C)Cn1cc(CCC(=O)N2CCN(C)CC2)c2ccccc21. The van der Waals surface area contributed by atoms with Gasteiger partial charge in [-0.05, 0) is 39.2 Å². The minimum absolute atomic E-state index is 0.285. The summed E-state index contributed by atoms with van der Waals surface area (Å²) < 4.78 is 2.27. The van der Waals surface area contributed by atoms with Crippen LogP contribution in [-0.2, 0) is 17.9 Å². The smallest absolute Gasteiger partial charge is 0.222 e. The first-order valence-electron chi connectivity index (χ1n) is 8.72. The molecule has 0 bridgehead atoms. The zero-order valence-corrected chi connectivity index (χ0v) is 15.0. The van der Waals surface area contributed by atoms with Crippen molar-refractivity contribution < 1.29 is 4.79 Å². The van der Waals surface area contributed by atoms with E-state index in [1.54, 1.807) is 0 Å². The first-order valence-corrected chi connectivity index (χ1v) is 8.72. The molecule has 0 saturated carbocycles. The summed E-state index contributed by atoms with van der Waals surface area (Å²) in [6.07, 6.45) is 3.62. The second-order valence-electron chi connectivity index (χ2n) is 7.05. The van der Waals surface area contributed by atoms with E-state index in [-0.39, 0.29) is 5.91 Å². The van der Waals surface area contributed by atoms with E-state index in [0.717, 1.165) is 39.3 Å². The summed E-state index contributed by atoms with van der Waals surface area (Å²) in [6, 6.07) is 8.48. The van der Waals surface area contributed by atoms with Crippen molar-refractivity contribution in [1.29, 1.82) is 0 Å². The van der Waals surface area contributed by atoms with Gasteiger partial charge in [-0.25, -0.2) is 0 Å². The molecular weight excluding hydrogens is 300 g/mol. The van der Waals surface area contributed by atoms with Gasteiger partial charge in [0.2, 0.25) is 5.91 Å². The molecule has 3 rings (SSSR count). The number of para-hydroxylation sites is 1. The van der Waals surface area contributed by atoms with Crippen LogP contribution in [0.5, 0.6) is 0 Å². The van der Waals surface area contributed by atoms with Gasteiger partial charge in [0, 0.05) is 49.7 Å². The Bertz CT molecular complexity index is 698. The third-order valence-electron chi connectivity index (χ3n) is 4.77. The molecule has 1 amide bonds. The number of rotatable bonds is 5. The molecule has 0 unspecified atom stereocenters. The van der Waals surface area contributed by atoms with Gasteiger partial charge >= 0.3 is 0 Å². The van der Waals surface area contributed by atoms with Crippen molar-refractivity contribution in [2.24, 2.45) is 0 Å². The Morgan fingerprint density at radius 2 is 1.83 bits per heavy atom. The van der Waals surface area contributed by atoms with Crippen LogP contribution in [0.15, 0.2) is 30.5 Å². The Labute approximate surface area is 144 Å². The molecule has 1 aliphatic heterocycles. The maximum absolute atomic E-state index is 12.5. The predicted molar refractivity (Wildman–Crippen MR) is 98.0 cm³/mol. The van der Waals surface area contributed by atoms with Crippen molar-refractivity contribution in [1.82, 2.24) is 19.3 Å². The Morgan fingerprint density at radius 1 is 1.12 bits per heavy atom. The van der Waals surface area contributed by atoms with Crippen molar-refractivity contribution in [2.75, 3.05) is 47.3 Å². The van der Waals surface area contributed by atoms with Crippen molar-refractivity contribution >= 4 is 16.8 Å². The zero-order valence-electron chi connectivity index (χ0n) is 15.0. The van der Waals surface area contributed by atoms with Crippen molar-refractivity contribution in [3.8, 4) is 0 Å². The minimum Gasteiger partial charge on any atom is -0.340 e. The van der Waals surface area contributed by atoms with Gasteiger partial charge in [0.1, 0.15) is 0 Å². The molecule has 5 nitrogen and oxygen atoms in total. The summed E-state index contributed by atoms with van der Waals surface area (Å²) in [5.74, 6) is 0.285. The van der Waals surface area contributed by atoms with Crippen molar-refractivity contribution in [3.05, 3.63) is 36.0 Å². The highest BCUT2D eigenvalue weighted by Gasteiger charge is 2.19. The molecule has 0 atom stereocenters. The number of aromatic nitrogens is 1. The van der Waals surface area contributed by atoms with Crippen LogP contribution >= 0.6 is 0 Å². The van der Waals surface area contributed by atoms with Crippen LogP contribution in [0.4, 0.5) is 0 Å². The molecule has 0 N–H and O–H groups in total. The molecule has 1 aliphatic rings. The number of hydrogen-bond donors (Lipinski definition) is 0. The number of likely N-dealkylation sites (N-methyl/N-ethyl adjacent to an activating group) is 1. The Kier molecular flexibility index (Phi) is 5.21. The fraction of sp³-hybridized carbons (Fsp3) is 0.526. The highest BCUT2D eigenvalue weighted by atomic mass is 16.2. The highest BCUT2D eigenvalue weighted by molar-refractivity contribution is 5.85. The Morgan fingerprint density at radius 3 is 2.54 bits per heavy atom. The maximum atomic E-state index is 12.5. The molecule has 1 aromatic carbocycles. The summed E-state index contributed by atoms with van der Waals surface area (Å²) in [5, 5.41) is 1.27. The number of benzene rings is 1. The van der Waals surface area contributed by atoms with Crippen LogP contribution in [-0.4, -0.2) is 72.5 Å². The molecule has 2 aromatic rings. The van der Waals surface area contributed by atoms with Gasteiger partial charge in [0.05, 0.1) is 6.67 Å². The summed E-state index contributed by atoms with van der Waals surface area (Å²) in [7, 11) is 6.26. The zero-order chi connectivity index (χ0) is 17.1. The van der Waals surface area contributed by atoms with Gasteiger partial charge in [0.25, 0.3) is 0 Å². The van der Waals surface area contributed by atoms with Crippen LogP contribution in [0, 0.1) is 0 Å². The molecule has 24 heavy (non-hydrogen) atoms. The predicted octanol–water partition coefficient (Wildman–Crippen LogP) is 1.87. The lowest BCUT2D eigenvalue weighted by Crippen LogP contribution is -2.47. The molecule has 2 heterocycles. The van der Waals surface area contributed by atoms with Crippen LogP contribution in [0.1, 0.15) is 12.0 Å². The average Bonchev–Trinajstić information content (AvgIpc) is 2.91. The van der Waals surface area contributed by atoms with E-state index in [4.69, 9.17) is 0 Å². The molecule has 1 aromatic heterocycles. The van der Waals surface area contributed by atoms with Crippen LogP contribution in [0.25, 0.3) is 10.9 Å². The third-order valence-corrected chi connectivity index (χ3v) is 4.77. The maximum Gasteiger partial charge on any atom is 0.222 e. The van der Waals surface area contributed by atoms with Crippen LogP contribution in [0.3, 0.4) is 0 Å². The molecular formula is C19H28N4O. The summed E-state index contributed by atoms with van der Waals surface area (Å²) in [4.78, 5) is 18.9. The van der Waals surface area contributed by atoms with E-state index in [0.29, 0.717) is 6.42 Å². The van der Waals surface area contributed by atoms with Crippen molar-refractivity contribution in [3.63, 3.8) is 0 Å². The van der Waals surface area contributed by atoms with E-state index in [1.165, 1.54) is 16.5 Å². The number of hydrogen-bond acceptors (Lipinski definition) is 3. The summed E-state index contributed by atoms with van der Waals surface area (Å²) in [5.41, 5.74) is 2.52. The monoisotopic (exact) mass is 328 g/mol. The quantitative estimate of drug-likeness (QED) is 0.840. The first-order chi connectivity index (χ1) is 11.5. The number of amides is 1. The molecule has 5 heteroatoms. The average molecular weight is 328 g/mol. The molecule has 0 radical (unpaired) electrons. The number of fused-ring (bicyclic) bond motifs is 1. The van der Waals surface area contributed by atoms with Crippen LogP contribution < -0.4 is 0 Å².